The molecule has 13 heavy (non-hydrogen) atoms. The number of rotatable bonds is 2. The fourth-order valence-electron chi connectivity index (χ4n) is 1.07. The Kier molecular flexibility index (Phi) is 2.84. The van der Waals surface area contributed by atoms with Crippen LogP contribution < -0.4 is 10.7 Å². The summed E-state index contributed by atoms with van der Waals surface area (Å²) < 4.78 is 0. The van der Waals surface area contributed by atoms with Crippen LogP contribution in [0.25, 0.3) is 0 Å². The van der Waals surface area contributed by atoms with Crippen LogP contribution in [0, 0.1) is 0 Å². The van der Waals surface area contributed by atoms with E-state index in [1.807, 2.05) is 0 Å². The zero-order chi connectivity index (χ0) is 10.0. The van der Waals surface area contributed by atoms with Crippen molar-refractivity contribution in [2.75, 3.05) is 13.6 Å². The van der Waals surface area contributed by atoms with Crippen molar-refractivity contribution >= 4 is 11.8 Å². The summed E-state index contributed by atoms with van der Waals surface area (Å²) in [7, 11) is 1.70. The van der Waals surface area contributed by atoms with E-state index in [9.17, 15) is 9.59 Å². The summed E-state index contributed by atoms with van der Waals surface area (Å²) in [5.74, 6) is -0.785. The largest absolute Gasteiger partial charge is 0.384 e. The number of likely N-dealkylation sites (N-methyl/N-ethyl adjacent to an activating group) is 1. The second kappa shape index (κ2) is 3.71. The molecule has 0 saturated carbocycles. The van der Waals surface area contributed by atoms with Gasteiger partial charge in [0, 0.05) is 13.6 Å². The zero-order valence-electron chi connectivity index (χ0n) is 7.57. The third kappa shape index (κ3) is 2.40. The summed E-state index contributed by atoms with van der Waals surface area (Å²) in [6.45, 7) is 1.77. The number of aliphatic hydroxyl groups excluding tert-OH is 1. The van der Waals surface area contributed by atoms with Gasteiger partial charge in [0.25, 0.3) is 5.91 Å². The number of nitrogens with zero attached hydrogens (tertiary/aromatic N) is 1. The first kappa shape index (κ1) is 9.94. The Morgan fingerprint density at radius 2 is 2.46 bits per heavy atom. The van der Waals surface area contributed by atoms with Gasteiger partial charge in [-0.15, -0.1) is 0 Å². The van der Waals surface area contributed by atoms with Gasteiger partial charge < -0.3 is 10.4 Å². The number of hydrogen-bond donors (Lipinski definition) is 3. The molecule has 74 valence electrons. The monoisotopic (exact) mass is 187 g/mol. The van der Waals surface area contributed by atoms with Crippen molar-refractivity contribution in [1.82, 2.24) is 15.8 Å². The first-order valence-electron chi connectivity index (χ1n) is 4.01. The van der Waals surface area contributed by atoms with Crippen LogP contribution in [0.4, 0.5) is 0 Å². The van der Waals surface area contributed by atoms with Gasteiger partial charge in [-0.2, -0.15) is 0 Å². The molecular weight excluding hydrogens is 174 g/mol. The van der Waals surface area contributed by atoms with Crippen molar-refractivity contribution in [2.45, 2.75) is 19.1 Å². The lowest BCUT2D eigenvalue weighted by atomic mass is 10.2. The van der Waals surface area contributed by atoms with Gasteiger partial charge in [-0.3, -0.25) is 15.0 Å². The maximum Gasteiger partial charge on any atom is 0.258 e. The molecule has 0 aliphatic carbocycles. The molecule has 2 amide bonds. The third-order valence-electron chi connectivity index (χ3n) is 1.77. The minimum atomic E-state index is -1.08. The number of amides is 2. The standard InChI is InChI=1S/C7H13N3O3/c1-4(11)6(12)8-5-3-10(2)9-7(5)13/h4-5,11H,3H2,1-2H3,(H,8,12)(H,9,13)/t4-,5?/m0/s1. The van der Waals surface area contributed by atoms with E-state index in [4.69, 9.17) is 5.11 Å². The van der Waals surface area contributed by atoms with Crippen molar-refractivity contribution in [3.63, 3.8) is 0 Å². The fraction of sp³-hybridized carbons (Fsp3) is 0.714. The maximum absolute atomic E-state index is 11.1. The second-order valence-corrected chi connectivity index (χ2v) is 3.09. The van der Waals surface area contributed by atoms with E-state index in [1.54, 1.807) is 12.1 Å². The highest BCUT2D eigenvalue weighted by Gasteiger charge is 2.30. The molecular formula is C7H13N3O3. The maximum atomic E-state index is 11.1. The summed E-state index contributed by atoms with van der Waals surface area (Å²) >= 11 is 0. The SMILES string of the molecule is C[C@H](O)C(=O)NC1CN(C)NC1=O. The second-order valence-electron chi connectivity index (χ2n) is 3.09. The van der Waals surface area contributed by atoms with Crippen LogP contribution in [-0.2, 0) is 9.59 Å². The highest BCUT2D eigenvalue weighted by molar-refractivity contribution is 5.90. The van der Waals surface area contributed by atoms with Gasteiger partial charge in [-0.25, -0.2) is 5.01 Å². The van der Waals surface area contributed by atoms with Crippen molar-refractivity contribution in [3.05, 3.63) is 0 Å². The van der Waals surface area contributed by atoms with Crippen LogP contribution in [0.5, 0.6) is 0 Å². The number of hydrazine groups is 1. The van der Waals surface area contributed by atoms with Crippen LogP contribution in [0.2, 0.25) is 0 Å². The average Bonchev–Trinajstić information content (AvgIpc) is 2.30. The van der Waals surface area contributed by atoms with Crippen molar-refractivity contribution in [2.24, 2.45) is 0 Å². The molecule has 1 aliphatic heterocycles. The zero-order valence-corrected chi connectivity index (χ0v) is 7.57. The highest BCUT2D eigenvalue weighted by Crippen LogP contribution is 1.97. The molecule has 0 radical (unpaired) electrons. The number of hydrogen-bond acceptors (Lipinski definition) is 4. The molecule has 6 nitrogen and oxygen atoms in total. The van der Waals surface area contributed by atoms with E-state index >= 15 is 0 Å². The number of aliphatic hydroxyl groups is 1. The Hall–Kier alpha value is -1.14. The Labute approximate surface area is 75.9 Å². The molecule has 0 aromatic heterocycles. The van der Waals surface area contributed by atoms with E-state index in [0.717, 1.165) is 0 Å². The van der Waals surface area contributed by atoms with Gasteiger partial charge in [-0.1, -0.05) is 0 Å². The van der Waals surface area contributed by atoms with E-state index in [0.29, 0.717) is 6.54 Å². The molecule has 3 N–H and O–H groups in total. The predicted octanol–water partition coefficient (Wildman–Crippen LogP) is -2.17. The van der Waals surface area contributed by atoms with Gasteiger partial charge >= 0.3 is 0 Å². The van der Waals surface area contributed by atoms with Crippen LogP contribution in [-0.4, -0.2) is 47.7 Å². The molecule has 2 atom stereocenters. The average molecular weight is 187 g/mol. The summed E-state index contributed by atoms with van der Waals surface area (Å²) in [5, 5.41) is 12.9. The Balaban J connectivity index is 2.46. The molecule has 6 heteroatoms. The van der Waals surface area contributed by atoms with Gasteiger partial charge in [-0.05, 0) is 6.92 Å². The van der Waals surface area contributed by atoms with E-state index in [2.05, 4.69) is 10.7 Å². The first-order chi connectivity index (χ1) is 6.00. The predicted molar refractivity (Wildman–Crippen MR) is 44.4 cm³/mol. The van der Waals surface area contributed by atoms with Crippen molar-refractivity contribution in [3.8, 4) is 0 Å². The minimum Gasteiger partial charge on any atom is -0.384 e. The first-order valence-corrected chi connectivity index (χ1v) is 4.01. The van der Waals surface area contributed by atoms with Crippen LogP contribution >= 0.6 is 0 Å². The van der Waals surface area contributed by atoms with E-state index < -0.39 is 18.1 Å². The van der Waals surface area contributed by atoms with Gasteiger partial charge in [0.2, 0.25) is 5.91 Å². The van der Waals surface area contributed by atoms with E-state index in [-0.39, 0.29) is 5.91 Å². The summed E-state index contributed by atoms with van der Waals surface area (Å²) in [6, 6.07) is -0.563. The van der Waals surface area contributed by atoms with Gasteiger partial charge in [0.15, 0.2) is 0 Å². The molecule has 1 heterocycles. The molecule has 1 saturated heterocycles. The normalized spacial score (nSPS) is 25.5. The Bertz CT molecular complexity index is 229. The highest BCUT2D eigenvalue weighted by atomic mass is 16.3. The molecule has 0 bridgehead atoms. The summed E-state index contributed by atoms with van der Waals surface area (Å²) in [5.41, 5.74) is 2.51. The number of carbonyl (C=O) groups excluding carboxylic acids is 2. The minimum absolute atomic E-state index is 0.253. The fourth-order valence-corrected chi connectivity index (χ4v) is 1.07. The quantitative estimate of drug-likeness (QED) is 0.459. The molecule has 1 rings (SSSR count). The lowest BCUT2D eigenvalue weighted by Crippen LogP contribution is -2.45. The molecule has 0 aromatic carbocycles. The summed E-state index contributed by atoms with van der Waals surface area (Å²) in [6.07, 6.45) is -1.08. The lowest BCUT2D eigenvalue weighted by molar-refractivity contribution is -0.132. The summed E-state index contributed by atoms with van der Waals surface area (Å²) in [4.78, 5) is 22.1. The lowest BCUT2D eigenvalue weighted by Gasteiger charge is -2.10. The molecule has 0 spiro atoms. The third-order valence-corrected chi connectivity index (χ3v) is 1.77. The molecule has 1 fully saturated rings. The topological polar surface area (TPSA) is 81.7 Å². The van der Waals surface area contributed by atoms with Crippen LogP contribution in [0.1, 0.15) is 6.92 Å². The van der Waals surface area contributed by atoms with Crippen LogP contribution in [0.3, 0.4) is 0 Å². The Morgan fingerprint density at radius 1 is 1.85 bits per heavy atom. The number of nitrogens with one attached hydrogen (secondary N) is 2. The Morgan fingerprint density at radius 3 is 2.85 bits per heavy atom. The number of carbonyl (C=O) groups is 2. The van der Waals surface area contributed by atoms with Crippen LogP contribution in [0.15, 0.2) is 0 Å². The smallest absolute Gasteiger partial charge is 0.258 e. The van der Waals surface area contributed by atoms with Gasteiger partial charge in [0.1, 0.15) is 12.1 Å². The molecule has 0 aromatic rings. The van der Waals surface area contributed by atoms with Crippen molar-refractivity contribution < 1.29 is 14.7 Å². The van der Waals surface area contributed by atoms with Crippen molar-refractivity contribution in [1.29, 1.82) is 0 Å². The van der Waals surface area contributed by atoms with Gasteiger partial charge in [0.05, 0.1) is 0 Å². The molecule has 1 aliphatic rings. The van der Waals surface area contributed by atoms with E-state index in [1.165, 1.54) is 6.92 Å². The molecule has 1 unspecified atom stereocenters.